The average Bonchev–Trinajstić information content (AvgIpc) is 2.13. The van der Waals surface area contributed by atoms with Crippen LogP contribution in [0.25, 0.3) is 0 Å². The second-order valence-electron chi connectivity index (χ2n) is 4.94. The van der Waals surface area contributed by atoms with Gasteiger partial charge in [0.15, 0.2) is 0 Å². The third kappa shape index (κ3) is 4.07. The molecule has 0 aromatic carbocycles. The van der Waals surface area contributed by atoms with Crippen LogP contribution in [0.1, 0.15) is 20.8 Å². The average molecular weight is 254 g/mol. The highest BCUT2D eigenvalue weighted by Gasteiger charge is 2.47. The zero-order valence-electron chi connectivity index (χ0n) is 10.1. The zero-order chi connectivity index (χ0) is 13.3. The molecule has 0 aromatic heterocycles. The Balaban J connectivity index is 2.75. The summed E-state index contributed by atoms with van der Waals surface area (Å²) in [5.41, 5.74) is -0.794. The number of alkyl halides is 3. The predicted octanol–water partition coefficient (Wildman–Crippen LogP) is 1.76. The lowest BCUT2D eigenvalue weighted by Crippen LogP contribution is -2.60. The van der Waals surface area contributed by atoms with Gasteiger partial charge in [0.05, 0.1) is 0 Å². The highest BCUT2D eigenvalue weighted by atomic mass is 19.4. The number of carbonyl (C=O) groups is 1. The summed E-state index contributed by atoms with van der Waals surface area (Å²) < 4.78 is 43.0. The van der Waals surface area contributed by atoms with Crippen molar-refractivity contribution >= 4 is 6.09 Å². The van der Waals surface area contributed by atoms with E-state index < -0.39 is 23.9 Å². The number of amides is 1. The quantitative estimate of drug-likeness (QED) is 0.716. The molecule has 17 heavy (non-hydrogen) atoms. The fraction of sp³-hybridized carbons (Fsp3) is 0.900. The molecular formula is C10H17F3N2O2. The van der Waals surface area contributed by atoms with Crippen molar-refractivity contribution in [1.29, 1.82) is 0 Å². The maximum absolute atomic E-state index is 12.7. The Morgan fingerprint density at radius 3 is 2.41 bits per heavy atom. The Bertz CT molecular complexity index is 286. The normalized spacial score (nSPS) is 22.5. The number of ether oxygens (including phenoxy) is 1. The van der Waals surface area contributed by atoms with Gasteiger partial charge in [0, 0.05) is 19.6 Å². The lowest BCUT2D eigenvalue weighted by Gasteiger charge is -2.37. The molecule has 0 radical (unpaired) electrons. The molecule has 100 valence electrons. The van der Waals surface area contributed by atoms with Gasteiger partial charge >= 0.3 is 12.3 Å². The van der Waals surface area contributed by atoms with Gasteiger partial charge in [-0.1, -0.05) is 0 Å². The SMILES string of the molecule is CC(C)(C)OC(=O)N1CCNCC1C(F)(F)F. The summed E-state index contributed by atoms with van der Waals surface area (Å²) in [7, 11) is 0. The molecule has 0 saturated carbocycles. The minimum Gasteiger partial charge on any atom is -0.444 e. The zero-order valence-corrected chi connectivity index (χ0v) is 10.1. The molecule has 1 unspecified atom stereocenters. The first-order valence-electron chi connectivity index (χ1n) is 5.38. The number of piperazine rings is 1. The van der Waals surface area contributed by atoms with Gasteiger partial charge in [-0.25, -0.2) is 4.79 Å². The van der Waals surface area contributed by atoms with Gasteiger partial charge in [-0.05, 0) is 20.8 Å². The fourth-order valence-electron chi connectivity index (χ4n) is 1.54. The molecule has 1 atom stereocenters. The third-order valence-corrected chi connectivity index (χ3v) is 2.25. The van der Waals surface area contributed by atoms with E-state index in [1.165, 1.54) is 0 Å². The van der Waals surface area contributed by atoms with Crippen molar-refractivity contribution in [2.75, 3.05) is 19.6 Å². The summed E-state index contributed by atoms with van der Waals surface area (Å²) in [5.74, 6) is 0. The van der Waals surface area contributed by atoms with E-state index in [-0.39, 0.29) is 13.1 Å². The number of nitrogens with zero attached hydrogens (tertiary/aromatic N) is 1. The topological polar surface area (TPSA) is 41.6 Å². The van der Waals surface area contributed by atoms with Crippen LogP contribution in [0.2, 0.25) is 0 Å². The van der Waals surface area contributed by atoms with Crippen molar-refractivity contribution in [3.8, 4) is 0 Å². The van der Waals surface area contributed by atoms with E-state index in [0.29, 0.717) is 6.54 Å². The number of halogens is 3. The second-order valence-corrected chi connectivity index (χ2v) is 4.94. The Labute approximate surface area is 98.1 Å². The Morgan fingerprint density at radius 2 is 1.94 bits per heavy atom. The van der Waals surface area contributed by atoms with Crippen LogP contribution >= 0.6 is 0 Å². The molecule has 1 N–H and O–H groups in total. The summed E-state index contributed by atoms with van der Waals surface area (Å²) in [4.78, 5) is 12.4. The first kappa shape index (κ1) is 14.1. The van der Waals surface area contributed by atoms with Gasteiger partial charge in [0.25, 0.3) is 0 Å². The van der Waals surface area contributed by atoms with Gasteiger partial charge in [0.2, 0.25) is 0 Å². The molecule has 0 bridgehead atoms. The van der Waals surface area contributed by atoms with E-state index >= 15 is 0 Å². The molecule has 1 fully saturated rings. The molecule has 1 aliphatic rings. The number of rotatable bonds is 0. The van der Waals surface area contributed by atoms with E-state index in [1.807, 2.05) is 0 Å². The molecule has 1 heterocycles. The van der Waals surface area contributed by atoms with Crippen LogP contribution < -0.4 is 5.32 Å². The van der Waals surface area contributed by atoms with Gasteiger partial charge in [-0.3, -0.25) is 4.90 Å². The summed E-state index contributed by atoms with van der Waals surface area (Å²) in [6.07, 6.45) is -5.36. The largest absolute Gasteiger partial charge is 0.444 e. The van der Waals surface area contributed by atoms with E-state index in [9.17, 15) is 18.0 Å². The van der Waals surface area contributed by atoms with Gasteiger partial charge in [-0.15, -0.1) is 0 Å². The van der Waals surface area contributed by atoms with Crippen molar-refractivity contribution in [1.82, 2.24) is 10.2 Å². The van der Waals surface area contributed by atoms with Crippen molar-refractivity contribution in [3.05, 3.63) is 0 Å². The van der Waals surface area contributed by atoms with Crippen LogP contribution in [0, 0.1) is 0 Å². The molecule has 1 aliphatic heterocycles. The Hall–Kier alpha value is -0.980. The molecule has 0 spiro atoms. The standard InChI is InChI=1S/C10H17F3N2O2/c1-9(2,3)17-8(16)15-5-4-14-6-7(15)10(11,12)13/h7,14H,4-6H2,1-3H3. The van der Waals surface area contributed by atoms with Crippen LogP contribution in [-0.4, -0.2) is 48.4 Å². The minimum atomic E-state index is -4.44. The third-order valence-electron chi connectivity index (χ3n) is 2.25. The first-order valence-corrected chi connectivity index (χ1v) is 5.38. The smallest absolute Gasteiger partial charge is 0.410 e. The van der Waals surface area contributed by atoms with Crippen LogP contribution in [0.3, 0.4) is 0 Å². The van der Waals surface area contributed by atoms with Gasteiger partial charge < -0.3 is 10.1 Å². The first-order chi connectivity index (χ1) is 7.61. The fourth-order valence-corrected chi connectivity index (χ4v) is 1.54. The Morgan fingerprint density at radius 1 is 1.35 bits per heavy atom. The summed E-state index contributed by atoms with van der Waals surface area (Å²) in [6, 6.07) is -1.81. The molecule has 4 nitrogen and oxygen atoms in total. The molecule has 7 heteroatoms. The monoisotopic (exact) mass is 254 g/mol. The van der Waals surface area contributed by atoms with Gasteiger partial charge in [0.1, 0.15) is 11.6 Å². The number of hydrogen-bond acceptors (Lipinski definition) is 3. The number of nitrogens with one attached hydrogen (secondary N) is 1. The van der Waals surface area contributed by atoms with Crippen molar-refractivity contribution in [2.45, 2.75) is 38.6 Å². The molecule has 1 saturated heterocycles. The number of carbonyl (C=O) groups excluding carboxylic acids is 1. The van der Waals surface area contributed by atoms with E-state index in [2.05, 4.69) is 5.32 Å². The summed E-state index contributed by atoms with van der Waals surface area (Å²) in [5, 5.41) is 2.62. The second kappa shape index (κ2) is 4.72. The maximum Gasteiger partial charge on any atom is 0.410 e. The van der Waals surface area contributed by atoms with Crippen LogP contribution in [0.4, 0.5) is 18.0 Å². The maximum atomic E-state index is 12.7. The van der Waals surface area contributed by atoms with Crippen LogP contribution in [0.15, 0.2) is 0 Å². The highest BCUT2D eigenvalue weighted by molar-refractivity contribution is 5.69. The molecular weight excluding hydrogens is 237 g/mol. The predicted molar refractivity (Wildman–Crippen MR) is 55.7 cm³/mol. The van der Waals surface area contributed by atoms with Gasteiger partial charge in [-0.2, -0.15) is 13.2 Å². The van der Waals surface area contributed by atoms with Crippen LogP contribution in [-0.2, 0) is 4.74 Å². The van der Waals surface area contributed by atoms with Crippen molar-refractivity contribution in [2.24, 2.45) is 0 Å². The molecule has 1 amide bonds. The van der Waals surface area contributed by atoms with E-state index in [0.717, 1.165) is 4.90 Å². The summed E-state index contributed by atoms with van der Waals surface area (Å²) >= 11 is 0. The van der Waals surface area contributed by atoms with E-state index in [4.69, 9.17) is 4.74 Å². The Kier molecular flexibility index (Phi) is 3.91. The summed E-state index contributed by atoms with van der Waals surface area (Å²) in [6.45, 7) is 4.91. The van der Waals surface area contributed by atoms with Crippen LogP contribution in [0.5, 0.6) is 0 Å². The molecule has 0 aliphatic carbocycles. The minimum absolute atomic E-state index is 0.000903. The molecule has 1 rings (SSSR count). The lowest BCUT2D eigenvalue weighted by atomic mass is 10.2. The molecule has 0 aromatic rings. The van der Waals surface area contributed by atoms with Crippen molar-refractivity contribution in [3.63, 3.8) is 0 Å². The van der Waals surface area contributed by atoms with Crippen molar-refractivity contribution < 1.29 is 22.7 Å². The van der Waals surface area contributed by atoms with E-state index in [1.54, 1.807) is 20.8 Å². The highest BCUT2D eigenvalue weighted by Crippen LogP contribution is 2.27. The lowest BCUT2D eigenvalue weighted by molar-refractivity contribution is -0.183. The number of hydrogen-bond donors (Lipinski definition) is 1.